The summed E-state index contributed by atoms with van der Waals surface area (Å²) in [5.41, 5.74) is 1.11. The molecule has 0 aliphatic carbocycles. The lowest BCUT2D eigenvalue weighted by Crippen LogP contribution is -2.28. The van der Waals surface area contributed by atoms with Gasteiger partial charge in [-0.15, -0.1) is 6.58 Å². The molecule has 16 heavy (non-hydrogen) atoms. The maximum atomic E-state index is 12.9. The number of rotatable bonds is 5. The molecule has 0 radical (unpaired) electrons. The summed E-state index contributed by atoms with van der Waals surface area (Å²) >= 11 is 0. The Balaban J connectivity index is 2.49. The van der Waals surface area contributed by atoms with E-state index < -0.39 is 0 Å². The van der Waals surface area contributed by atoms with Crippen LogP contribution in [0.3, 0.4) is 0 Å². The van der Waals surface area contributed by atoms with Crippen LogP contribution in [0.4, 0.5) is 10.1 Å². The number of aryl methyl sites for hydroxylation is 1. The van der Waals surface area contributed by atoms with Gasteiger partial charge in [-0.05, 0) is 30.7 Å². The van der Waals surface area contributed by atoms with Crippen molar-refractivity contribution in [2.75, 3.05) is 18.4 Å². The third kappa shape index (κ3) is 3.82. The van der Waals surface area contributed by atoms with Gasteiger partial charge in [-0.1, -0.05) is 6.08 Å². The minimum atomic E-state index is -0.275. The number of hydrogen-bond donors (Lipinski definition) is 2. The highest BCUT2D eigenvalue weighted by Gasteiger charge is 2.03. The summed E-state index contributed by atoms with van der Waals surface area (Å²) in [6, 6.07) is 4.47. The number of anilines is 1. The van der Waals surface area contributed by atoms with Crippen molar-refractivity contribution in [2.45, 2.75) is 6.92 Å². The maximum Gasteiger partial charge on any atom is 0.238 e. The van der Waals surface area contributed by atoms with Crippen molar-refractivity contribution in [3.05, 3.63) is 42.2 Å². The third-order valence-electron chi connectivity index (χ3n) is 2.02. The summed E-state index contributed by atoms with van der Waals surface area (Å²) in [5, 5.41) is 5.54. The van der Waals surface area contributed by atoms with Crippen LogP contribution in [0.25, 0.3) is 0 Å². The number of amides is 1. The van der Waals surface area contributed by atoms with Crippen LogP contribution in [0, 0.1) is 12.7 Å². The Hall–Kier alpha value is -1.68. The van der Waals surface area contributed by atoms with Crippen molar-refractivity contribution in [2.24, 2.45) is 0 Å². The van der Waals surface area contributed by atoms with Crippen molar-refractivity contribution < 1.29 is 9.18 Å². The molecule has 0 fully saturated rings. The summed E-state index contributed by atoms with van der Waals surface area (Å²) in [4.78, 5) is 11.4. The third-order valence-corrected chi connectivity index (χ3v) is 2.02. The van der Waals surface area contributed by atoms with Crippen LogP contribution in [-0.2, 0) is 4.79 Å². The Kier molecular flexibility index (Phi) is 4.66. The highest BCUT2D eigenvalue weighted by Crippen LogP contribution is 2.13. The van der Waals surface area contributed by atoms with Gasteiger partial charge in [0.2, 0.25) is 5.91 Å². The van der Waals surface area contributed by atoms with E-state index in [9.17, 15) is 9.18 Å². The first-order valence-corrected chi connectivity index (χ1v) is 5.01. The zero-order valence-electron chi connectivity index (χ0n) is 9.22. The summed E-state index contributed by atoms with van der Waals surface area (Å²) in [6.07, 6.45) is 1.68. The zero-order chi connectivity index (χ0) is 12.0. The summed E-state index contributed by atoms with van der Waals surface area (Å²) < 4.78 is 12.9. The van der Waals surface area contributed by atoms with E-state index in [4.69, 9.17) is 0 Å². The molecule has 0 aromatic heterocycles. The number of halogens is 1. The molecule has 0 heterocycles. The molecule has 0 saturated heterocycles. The Labute approximate surface area is 94.4 Å². The molecule has 3 nitrogen and oxygen atoms in total. The van der Waals surface area contributed by atoms with Gasteiger partial charge < -0.3 is 10.6 Å². The molecular formula is C12H15FN2O. The van der Waals surface area contributed by atoms with E-state index >= 15 is 0 Å². The van der Waals surface area contributed by atoms with Gasteiger partial charge in [0, 0.05) is 12.2 Å². The monoisotopic (exact) mass is 222 g/mol. The van der Waals surface area contributed by atoms with Crippen LogP contribution in [-0.4, -0.2) is 19.0 Å². The Morgan fingerprint density at radius 1 is 1.56 bits per heavy atom. The van der Waals surface area contributed by atoms with Crippen molar-refractivity contribution in [1.82, 2.24) is 5.32 Å². The molecule has 0 aliphatic heterocycles. The Bertz CT molecular complexity index is 391. The Morgan fingerprint density at radius 3 is 2.94 bits per heavy atom. The molecular weight excluding hydrogens is 207 g/mol. The van der Waals surface area contributed by atoms with Gasteiger partial charge in [0.05, 0.1) is 6.54 Å². The van der Waals surface area contributed by atoms with Gasteiger partial charge in [0.25, 0.3) is 0 Å². The second kappa shape index (κ2) is 6.02. The SMILES string of the molecule is C=CCNCC(=O)Nc1ccc(F)c(C)c1. The van der Waals surface area contributed by atoms with Crippen LogP contribution in [0.5, 0.6) is 0 Å². The van der Waals surface area contributed by atoms with Crippen molar-refractivity contribution in [3.8, 4) is 0 Å². The lowest BCUT2D eigenvalue weighted by molar-refractivity contribution is -0.115. The van der Waals surface area contributed by atoms with Crippen LogP contribution >= 0.6 is 0 Å². The van der Waals surface area contributed by atoms with Gasteiger partial charge in [-0.3, -0.25) is 4.79 Å². The molecule has 86 valence electrons. The first kappa shape index (κ1) is 12.4. The summed E-state index contributed by atoms with van der Waals surface area (Å²) in [7, 11) is 0. The summed E-state index contributed by atoms with van der Waals surface area (Å²) in [5.74, 6) is -0.435. The molecule has 0 bridgehead atoms. The standard InChI is InChI=1S/C12H15FN2O/c1-3-6-14-8-12(16)15-10-4-5-11(13)9(2)7-10/h3-5,7,14H,1,6,8H2,2H3,(H,15,16). The van der Waals surface area contributed by atoms with Crippen molar-refractivity contribution in [3.63, 3.8) is 0 Å². The fourth-order valence-corrected chi connectivity index (χ4v) is 1.22. The lowest BCUT2D eigenvalue weighted by Gasteiger charge is -2.06. The van der Waals surface area contributed by atoms with Gasteiger partial charge in [-0.2, -0.15) is 0 Å². The highest BCUT2D eigenvalue weighted by atomic mass is 19.1. The first-order valence-electron chi connectivity index (χ1n) is 5.01. The predicted octanol–water partition coefficient (Wildman–Crippen LogP) is 1.85. The molecule has 1 amide bonds. The van der Waals surface area contributed by atoms with Crippen molar-refractivity contribution >= 4 is 11.6 Å². The zero-order valence-corrected chi connectivity index (χ0v) is 9.22. The molecule has 0 atom stereocenters. The van der Waals surface area contributed by atoms with E-state index in [0.717, 1.165) is 0 Å². The minimum absolute atomic E-state index is 0.159. The Morgan fingerprint density at radius 2 is 2.31 bits per heavy atom. The average Bonchev–Trinajstić information content (AvgIpc) is 2.24. The fraction of sp³-hybridized carbons (Fsp3) is 0.250. The molecule has 1 aromatic rings. The smallest absolute Gasteiger partial charge is 0.238 e. The predicted molar refractivity (Wildman–Crippen MR) is 62.8 cm³/mol. The van der Waals surface area contributed by atoms with Crippen LogP contribution in [0.2, 0.25) is 0 Å². The van der Waals surface area contributed by atoms with Gasteiger partial charge >= 0.3 is 0 Å². The van der Waals surface area contributed by atoms with Gasteiger partial charge in [0.1, 0.15) is 5.82 Å². The lowest BCUT2D eigenvalue weighted by atomic mass is 10.2. The number of hydrogen-bond acceptors (Lipinski definition) is 2. The van der Waals surface area contributed by atoms with E-state index in [1.54, 1.807) is 19.1 Å². The van der Waals surface area contributed by atoms with E-state index in [0.29, 0.717) is 17.8 Å². The van der Waals surface area contributed by atoms with Crippen LogP contribution in [0.1, 0.15) is 5.56 Å². The topological polar surface area (TPSA) is 41.1 Å². The maximum absolute atomic E-state index is 12.9. The second-order valence-corrected chi connectivity index (χ2v) is 3.43. The van der Waals surface area contributed by atoms with Gasteiger partial charge in [-0.25, -0.2) is 4.39 Å². The van der Waals surface area contributed by atoms with Crippen LogP contribution < -0.4 is 10.6 Å². The largest absolute Gasteiger partial charge is 0.325 e. The fourth-order valence-electron chi connectivity index (χ4n) is 1.22. The molecule has 0 unspecified atom stereocenters. The molecule has 1 rings (SSSR count). The van der Waals surface area contributed by atoms with E-state index in [1.807, 2.05) is 0 Å². The van der Waals surface area contributed by atoms with E-state index in [-0.39, 0.29) is 18.3 Å². The minimum Gasteiger partial charge on any atom is -0.325 e. The highest BCUT2D eigenvalue weighted by molar-refractivity contribution is 5.92. The molecule has 2 N–H and O–H groups in total. The summed E-state index contributed by atoms with van der Waals surface area (Å²) in [6.45, 7) is 5.97. The van der Waals surface area contributed by atoms with E-state index in [2.05, 4.69) is 17.2 Å². The van der Waals surface area contributed by atoms with Gasteiger partial charge in [0.15, 0.2) is 0 Å². The van der Waals surface area contributed by atoms with Crippen molar-refractivity contribution in [1.29, 1.82) is 0 Å². The quantitative estimate of drug-likeness (QED) is 0.589. The first-order chi connectivity index (χ1) is 7.63. The van der Waals surface area contributed by atoms with E-state index in [1.165, 1.54) is 12.1 Å². The normalized spacial score (nSPS) is 9.88. The molecule has 0 saturated carbocycles. The molecule has 1 aromatic carbocycles. The average molecular weight is 222 g/mol. The molecule has 0 spiro atoms. The molecule has 4 heteroatoms. The number of nitrogens with one attached hydrogen (secondary N) is 2. The second-order valence-electron chi connectivity index (χ2n) is 3.43. The number of carbonyl (C=O) groups is 1. The number of carbonyl (C=O) groups excluding carboxylic acids is 1. The van der Waals surface area contributed by atoms with Crippen LogP contribution in [0.15, 0.2) is 30.9 Å². The molecule has 0 aliphatic rings. The number of benzene rings is 1.